The molecule has 148 valence electrons. The van der Waals surface area contributed by atoms with Gasteiger partial charge in [-0.2, -0.15) is 0 Å². The molecule has 0 aliphatic carbocycles. The van der Waals surface area contributed by atoms with E-state index in [1.54, 1.807) is 14.2 Å². The van der Waals surface area contributed by atoms with Crippen molar-refractivity contribution in [2.45, 2.75) is 26.6 Å². The van der Waals surface area contributed by atoms with Crippen LogP contribution in [0.25, 0.3) is 0 Å². The highest BCUT2D eigenvalue weighted by molar-refractivity contribution is 14.0. The maximum absolute atomic E-state index is 5.46. The third kappa shape index (κ3) is 7.76. The maximum Gasteiger partial charge on any atom is 0.191 e. The van der Waals surface area contributed by atoms with Crippen molar-refractivity contribution in [3.63, 3.8) is 0 Å². The Morgan fingerprint density at radius 1 is 1.04 bits per heavy atom. The summed E-state index contributed by atoms with van der Waals surface area (Å²) in [5, 5.41) is 6.72. The smallest absolute Gasteiger partial charge is 0.191 e. The lowest BCUT2D eigenvalue weighted by Crippen LogP contribution is -2.36. The van der Waals surface area contributed by atoms with Gasteiger partial charge in [-0.25, -0.2) is 0 Å². The first kappa shape index (κ1) is 23.2. The summed E-state index contributed by atoms with van der Waals surface area (Å²) in [6.07, 6.45) is 0. The average molecular weight is 482 g/mol. The van der Waals surface area contributed by atoms with E-state index >= 15 is 0 Å². The summed E-state index contributed by atoms with van der Waals surface area (Å²) in [4.78, 5) is 6.48. The molecular weight excluding hydrogens is 451 g/mol. The Morgan fingerprint density at radius 2 is 1.74 bits per heavy atom. The molecule has 2 N–H and O–H groups in total. The molecule has 0 aliphatic heterocycles. The van der Waals surface area contributed by atoms with Gasteiger partial charge in [0.1, 0.15) is 5.75 Å². The Morgan fingerprint density at radius 3 is 2.41 bits per heavy atom. The molecule has 27 heavy (non-hydrogen) atoms. The zero-order valence-corrected chi connectivity index (χ0v) is 19.2. The predicted molar refractivity (Wildman–Crippen MR) is 124 cm³/mol. The first-order valence-corrected chi connectivity index (χ1v) is 8.82. The van der Waals surface area contributed by atoms with Crippen LogP contribution in [0.4, 0.5) is 0 Å². The van der Waals surface area contributed by atoms with Gasteiger partial charge in [0.25, 0.3) is 0 Å². The summed E-state index contributed by atoms with van der Waals surface area (Å²) < 4.78 is 5.46. The van der Waals surface area contributed by atoms with Crippen LogP contribution in [0.3, 0.4) is 0 Å². The van der Waals surface area contributed by atoms with E-state index in [0.717, 1.165) is 30.4 Å². The molecule has 0 heterocycles. The molecule has 0 fully saturated rings. The minimum atomic E-state index is 0. The van der Waals surface area contributed by atoms with Gasteiger partial charge in [0.2, 0.25) is 0 Å². The van der Waals surface area contributed by atoms with Crippen LogP contribution in [0.15, 0.2) is 47.5 Å². The van der Waals surface area contributed by atoms with Crippen molar-refractivity contribution in [1.82, 2.24) is 15.5 Å². The topological polar surface area (TPSA) is 48.9 Å². The fraction of sp³-hybridized carbons (Fsp3) is 0.381. The van der Waals surface area contributed by atoms with E-state index in [9.17, 15) is 0 Å². The van der Waals surface area contributed by atoms with Gasteiger partial charge in [0.15, 0.2) is 5.96 Å². The molecule has 0 unspecified atom stereocenters. The largest absolute Gasteiger partial charge is 0.496 e. The number of guanidine groups is 1. The molecule has 0 radical (unpaired) electrons. The molecule has 0 amide bonds. The first-order valence-electron chi connectivity index (χ1n) is 8.82. The Hall–Kier alpha value is -1.80. The fourth-order valence-electron chi connectivity index (χ4n) is 2.79. The summed E-state index contributed by atoms with van der Waals surface area (Å²) in [7, 11) is 7.64. The van der Waals surface area contributed by atoms with Crippen molar-refractivity contribution in [3.05, 3.63) is 64.7 Å². The quantitative estimate of drug-likeness (QED) is 0.360. The standard InChI is InChI=1S/C21H30N4O.HI/c1-16-9-10-19(20(11-16)26-5)14-24-21(22-2)23-13-17-7-6-8-18(12-17)15-25(3)4;/h6-12H,13-15H2,1-5H3,(H2,22,23,24);1H. The predicted octanol–water partition coefficient (Wildman–Crippen LogP) is 3.55. The molecule has 0 spiro atoms. The van der Waals surface area contributed by atoms with Gasteiger partial charge in [-0.3, -0.25) is 4.99 Å². The number of methoxy groups -OCH3 is 1. The second-order valence-electron chi connectivity index (χ2n) is 6.65. The molecular formula is C21H31IN4O. The Balaban J connectivity index is 0.00000364. The fourth-order valence-corrected chi connectivity index (χ4v) is 2.79. The van der Waals surface area contributed by atoms with E-state index in [-0.39, 0.29) is 24.0 Å². The molecule has 2 rings (SSSR count). The van der Waals surface area contributed by atoms with Crippen LogP contribution in [0.2, 0.25) is 0 Å². The van der Waals surface area contributed by atoms with Crippen LogP contribution in [0.5, 0.6) is 5.75 Å². The first-order chi connectivity index (χ1) is 12.5. The molecule has 0 bridgehead atoms. The van der Waals surface area contributed by atoms with Gasteiger partial charge in [-0.15, -0.1) is 24.0 Å². The van der Waals surface area contributed by atoms with E-state index in [1.165, 1.54) is 16.7 Å². The van der Waals surface area contributed by atoms with Crippen LogP contribution in [0, 0.1) is 6.92 Å². The maximum atomic E-state index is 5.46. The normalized spacial score (nSPS) is 11.1. The molecule has 0 saturated carbocycles. The number of ether oxygens (including phenoxy) is 1. The number of aliphatic imine (C=N–C) groups is 1. The number of hydrogen-bond acceptors (Lipinski definition) is 3. The summed E-state index contributed by atoms with van der Waals surface area (Å²) in [6.45, 7) is 4.38. The lowest BCUT2D eigenvalue weighted by atomic mass is 10.1. The highest BCUT2D eigenvalue weighted by Gasteiger charge is 2.05. The minimum Gasteiger partial charge on any atom is -0.496 e. The van der Waals surface area contributed by atoms with Crippen molar-refractivity contribution >= 4 is 29.9 Å². The Kier molecular flexibility index (Phi) is 10.2. The lowest BCUT2D eigenvalue weighted by Gasteiger charge is -2.15. The van der Waals surface area contributed by atoms with E-state index in [0.29, 0.717) is 6.54 Å². The van der Waals surface area contributed by atoms with Gasteiger partial charge in [0, 0.05) is 32.2 Å². The molecule has 0 aromatic heterocycles. The number of aryl methyl sites for hydroxylation is 1. The van der Waals surface area contributed by atoms with E-state index in [4.69, 9.17) is 4.74 Å². The molecule has 5 nitrogen and oxygen atoms in total. The molecule has 2 aromatic rings. The van der Waals surface area contributed by atoms with Gasteiger partial charge in [-0.1, -0.05) is 36.4 Å². The SMILES string of the molecule is CN=C(NCc1cccc(CN(C)C)c1)NCc1ccc(C)cc1OC.I. The number of halogens is 1. The van der Waals surface area contributed by atoms with Gasteiger partial charge >= 0.3 is 0 Å². The zero-order chi connectivity index (χ0) is 18.9. The van der Waals surface area contributed by atoms with Crippen molar-refractivity contribution in [2.24, 2.45) is 4.99 Å². The number of nitrogens with one attached hydrogen (secondary N) is 2. The van der Waals surface area contributed by atoms with E-state index in [2.05, 4.69) is 77.9 Å². The Labute approximate surface area is 180 Å². The summed E-state index contributed by atoms with van der Waals surface area (Å²) in [6, 6.07) is 14.8. The Bertz CT molecular complexity index is 747. The third-order valence-electron chi connectivity index (χ3n) is 4.06. The van der Waals surface area contributed by atoms with Crippen LogP contribution in [-0.2, 0) is 19.6 Å². The van der Waals surface area contributed by atoms with Crippen molar-refractivity contribution in [2.75, 3.05) is 28.3 Å². The average Bonchev–Trinajstić information content (AvgIpc) is 2.62. The molecule has 0 aliphatic rings. The number of rotatable bonds is 7. The highest BCUT2D eigenvalue weighted by Crippen LogP contribution is 2.19. The van der Waals surface area contributed by atoms with Crippen LogP contribution in [0.1, 0.15) is 22.3 Å². The molecule has 0 saturated heterocycles. The number of benzene rings is 2. The van der Waals surface area contributed by atoms with E-state index in [1.807, 2.05) is 6.07 Å². The molecule has 0 atom stereocenters. The molecule has 2 aromatic carbocycles. The van der Waals surface area contributed by atoms with Crippen molar-refractivity contribution < 1.29 is 4.74 Å². The summed E-state index contributed by atoms with van der Waals surface area (Å²) in [5.74, 6) is 1.66. The van der Waals surface area contributed by atoms with Gasteiger partial charge in [-0.05, 0) is 43.8 Å². The zero-order valence-electron chi connectivity index (χ0n) is 16.9. The second kappa shape index (κ2) is 11.8. The minimum absolute atomic E-state index is 0. The van der Waals surface area contributed by atoms with Gasteiger partial charge < -0.3 is 20.3 Å². The third-order valence-corrected chi connectivity index (χ3v) is 4.06. The van der Waals surface area contributed by atoms with Crippen LogP contribution < -0.4 is 15.4 Å². The number of hydrogen-bond donors (Lipinski definition) is 2. The van der Waals surface area contributed by atoms with Crippen LogP contribution >= 0.6 is 24.0 Å². The second-order valence-corrected chi connectivity index (χ2v) is 6.65. The van der Waals surface area contributed by atoms with Crippen molar-refractivity contribution in [1.29, 1.82) is 0 Å². The van der Waals surface area contributed by atoms with E-state index < -0.39 is 0 Å². The summed E-state index contributed by atoms with van der Waals surface area (Å²) >= 11 is 0. The van der Waals surface area contributed by atoms with Crippen LogP contribution in [-0.4, -0.2) is 39.1 Å². The molecule has 6 heteroatoms. The monoisotopic (exact) mass is 482 g/mol. The van der Waals surface area contributed by atoms with Crippen molar-refractivity contribution in [3.8, 4) is 5.75 Å². The summed E-state index contributed by atoms with van der Waals surface area (Å²) in [5.41, 5.74) is 4.83. The number of nitrogens with zero attached hydrogens (tertiary/aromatic N) is 2. The highest BCUT2D eigenvalue weighted by atomic mass is 127. The van der Waals surface area contributed by atoms with Gasteiger partial charge in [0.05, 0.1) is 7.11 Å². The lowest BCUT2D eigenvalue weighted by molar-refractivity contribution is 0.402.